The summed E-state index contributed by atoms with van der Waals surface area (Å²) in [6.07, 6.45) is 0.0884. The molecule has 0 aromatic carbocycles. The Morgan fingerprint density at radius 2 is 2.20 bits per heavy atom. The fourth-order valence-corrected chi connectivity index (χ4v) is 2.16. The first kappa shape index (κ1) is 10.2. The van der Waals surface area contributed by atoms with E-state index in [1.54, 1.807) is 6.92 Å². The predicted molar refractivity (Wildman–Crippen MR) is 36.1 cm³/mol. The summed E-state index contributed by atoms with van der Waals surface area (Å²) in [6, 6.07) is 0. The summed E-state index contributed by atoms with van der Waals surface area (Å²) in [6.45, 7) is 1.54. The molecule has 0 amide bonds. The van der Waals surface area contributed by atoms with E-state index in [0.29, 0.717) is 0 Å². The molecule has 0 saturated heterocycles. The summed E-state index contributed by atoms with van der Waals surface area (Å²) in [5.74, 6) is 0. The Hall–Kier alpha value is 0.210. The lowest BCUT2D eigenvalue weighted by Crippen LogP contribution is -1.88. The Kier molecular flexibility index (Phi) is 4.25. The molecular weight excluding hydrogens is 178 g/mol. The molecule has 0 spiro atoms. The molecule has 0 aromatic heterocycles. The lowest BCUT2D eigenvalue weighted by molar-refractivity contribution is 0.309. The van der Waals surface area contributed by atoms with E-state index >= 15 is 0 Å². The molecule has 1 N–H and O–H groups in total. The smallest absolute Gasteiger partial charge is 0.309 e. The maximum Gasteiger partial charge on any atom is 0.703 e. The average molecular weight is 187 g/mol. The second-order valence-electron chi connectivity index (χ2n) is 1.43. The molecule has 60 valence electrons. The molecule has 0 aliphatic heterocycles. The molecule has 5 nitrogen and oxygen atoms in total. The van der Waals surface area contributed by atoms with Crippen molar-refractivity contribution < 1.29 is 22.9 Å². The molecule has 0 heterocycles. The van der Waals surface area contributed by atoms with E-state index in [1.807, 2.05) is 0 Å². The van der Waals surface area contributed by atoms with Crippen LogP contribution in [0.15, 0.2) is 0 Å². The van der Waals surface area contributed by atoms with Crippen molar-refractivity contribution in [3.8, 4) is 0 Å². The highest BCUT2D eigenvalue weighted by Crippen LogP contribution is 2.53. The van der Waals surface area contributed by atoms with Gasteiger partial charge >= 0.3 is 15.9 Å². The highest BCUT2D eigenvalue weighted by atomic mass is 31.2. The van der Waals surface area contributed by atoms with E-state index in [0.717, 1.165) is 0 Å². The van der Waals surface area contributed by atoms with Gasteiger partial charge in [-0.25, -0.2) is 0 Å². The molecule has 0 fully saturated rings. The van der Waals surface area contributed by atoms with Crippen LogP contribution in [0.3, 0.4) is 0 Å². The molecule has 0 aromatic rings. The topological polar surface area (TPSA) is 72.8 Å². The van der Waals surface area contributed by atoms with E-state index in [9.17, 15) is 9.13 Å². The van der Waals surface area contributed by atoms with Crippen LogP contribution < -0.4 is 0 Å². The standard InChI is InChI=1S/C3H8O5P2/c1-3-10(6,7-2)8-9(4)5/h3H2,1-2H3/p+1. The van der Waals surface area contributed by atoms with E-state index in [-0.39, 0.29) is 6.16 Å². The first-order valence-corrected chi connectivity index (χ1v) is 5.40. The lowest BCUT2D eigenvalue weighted by atomic mass is 11.0. The van der Waals surface area contributed by atoms with Gasteiger partial charge in [0.25, 0.3) is 0 Å². The Labute approximate surface area is 59.8 Å². The SMILES string of the molecule is CCP(=O)(OC)O[P+](=O)O. The van der Waals surface area contributed by atoms with Crippen LogP contribution >= 0.6 is 15.9 Å². The van der Waals surface area contributed by atoms with Gasteiger partial charge in [-0.05, 0) is 4.31 Å². The minimum atomic E-state index is -3.27. The van der Waals surface area contributed by atoms with Gasteiger partial charge < -0.3 is 4.52 Å². The molecule has 10 heavy (non-hydrogen) atoms. The van der Waals surface area contributed by atoms with Crippen molar-refractivity contribution in [1.29, 1.82) is 0 Å². The van der Waals surface area contributed by atoms with Crippen molar-refractivity contribution in [3.05, 3.63) is 0 Å². The van der Waals surface area contributed by atoms with Crippen molar-refractivity contribution in [1.82, 2.24) is 0 Å². The normalized spacial score (nSPS) is 18.1. The van der Waals surface area contributed by atoms with Gasteiger partial charge in [-0.1, -0.05) is 6.92 Å². The van der Waals surface area contributed by atoms with Gasteiger partial charge in [-0.15, -0.1) is 4.89 Å². The van der Waals surface area contributed by atoms with Gasteiger partial charge in [-0.3, -0.25) is 4.57 Å². The Morgan fingerprint density at radius 3 is 2.30 bits per heavy atom. The van der Waals surface area contributed by atoms with Gasteiger partial charge in [0.05, 0.1) is 6.16 Å². The van der Waals surface area contributed by atoms with Crippen LogP contribution in [-0.4, -0.2) is 18.2 Å². The van der Waals surface area contributed by atoms with Crippen LogP contribution in [-0.2, 0) is 18.0 Å². The van der Waals surface area contributed by atoms with E-state index in [4.69, 9.17) is 4.89 Å². The third kappa shape index (κ3) is 3.40. The van der Waals surface area contributed by atoms with Gasteiger partial charge in [0.1, 0.15) is 0 Å². The molecule has 7 heteroatoms. The summed E-state index contributed by atoms with van der Waals surface area (Å²) in [4.78, 5) is 8.19. The van der Waals surface area contributed by atoms with Crippen LogP contribution in [0, 0.1) is 0 Å². The van der Waals surface area contributed by atoms with Gasteiger partial charge in [0.2, 0.25) is 0 Å². The molecule has 0 radical (unpaired) electrons. The monoisotopic (exact) mass is 187 g/mol. The zero-order valence-corrected chi connectivity index (χ0v) is 7.47. The number of rotatable bonds is 4. The third-order valence-corrected chi connectivity index (χ3v) is 3.74. The number of hydrogen-bond donors (Lipinski definition) is 1. The Balaban J connectivity index is 4.07. The van der Waals surface area contributed by atoms with Crippen molar-refractivity contribution in [2.75, 3.05) is 13.3 Å². The van der Waals surface area contributed by atoms with Crippen LogP contribution in [0.2, 0.25) is 0 Å². The van der Waals surface area contributed by atoms with Crippen LogP contribution in [0.1, 0.15) is 6.92 Å². The summed E-state index contributed by atoms with van der Waals surface area (Å²) in [7, 11) is -4.94. The highest BCUT2D eigenvalue weighted by Gasteiger charge is 2.32. The molecule has 0 bridgehead atoms. The predicted octanol–water partition coefficient (Wildman–Crippen LogP) is 1.51. The summed E-state index contributed by atoms with van der Waals surface area (Å²) >= 11 is 0. The first-order chi connectivity index (χ1) is 4.54. The van der Waals surface area contributed by atoms with Crippen LogP contribution in [0.5, 0.6) is 0 Å². The largest absolute Gasteiger partial charge is 0.703 e. The lowest BCUT2D eigenvalue weighted by Gasteiger charge is -2.02. The maximum absolute atomic E-state index is 11.0. The molecule has 0 saturated carbocycles. The highest BCUT2D eigenvalue weighted by molar-refractivity contribution is 7.60. The second kappa shape index (κ2) is 4.16. The van der Waals surface area contributed by atoms with E-state index < -0.39 is 15.9 Å². The third-order valence-electron chi connectivity index (χ3n) is 0.860. The molecule has 0 rings (SSSR count). The molecule has 2 unspecified atom stereocenters. The van der Waals surface area contributed by atoms with Crippen molar-refractivity contribution in [3.63, 3.8) is 0 Å². The van der Waals surface area contributed by atoms with Crippen molar-refractivity contribution in [2.24, 2.45) is 0 Å². The van der Waals surface area contributed by atoms with E-state index in [2.05, 4.69) is 8.83 Å². The maximum atomic E-state index is 11.0. The quantitative estimate of drug-likeness (QED) is 0.675. The van der Waals surface area contributed by atoms with Crippen LogP contribution in [0.4, 0.5) is 0 Å². The van der Waals surface area contributed by atoms with E-state index in [1.165, 1.54) is 7.11 Å². The molecule has 0 aliphatic rings. The molecule has 0 aliphatic carbocycles. The van der Waals surface area contributed by atoms with Crippen molar-refractivity contribution in [2.45, 2.75) is 6.92 Å². The fourth-order valence-electron chi connectivity index (χ4n) is 0.327. The minimum Gasteiger partial charge on any atom is -0.309 e. The second-order valence-corrected chi connectivity index (χ2v) is 4.78. The Morgan fingerprint density at radius 1 is 1.70 bits per heavy atom. The number of hydrogen-bond acceptors (Lipinski definition) is 4. The van der Waals surface area contributed by atoms with Gasteiger partial charge in [-0.2, -0.15) is 0 Å². The van der Waals surface area contributed by atoms with Gasteiger partial charge in [0, 0.05) is 11.7 Å². The van der Waals surface area contributed by atoms with Crippen LogP contribution in [0.25, 0.3) is 0 Å². The summed E-state index contributed by atoms with van der Waals surface area (Å²) < 4.78 is 29.5. The van der Waals surface area contributed by atoms with Crippen molar-refractivity contribution >= 4 is 15.9 Å². The molecule has 2 atom stereocenters. The zero-order valence-electron chi connectivity index (χ0n) is 5.68. The fraction of sp³-hybridized carbons (Fsp3) is 1.00. The van der Waals surface area contributed by atoms with Gasteiger partial charge in [0.15, 0.2) is 0 Å². The zero-order chi connectivity index (χ0) is 8.20. The Bertz CT molecular complexity index is 158. The molecular formula is C3H9O5P2+. The average Bonchev–Trinajstić information content (AvgIpc) is 1.87. The minimum absolute atomic E-state index is 0.0884. The first-order valence-electron chi connectivity index (χ1n) is 2.54. The summed E-state index contributed by atoms with van der Waals surface area (Å²) in [5.41, 5.74) is 0. The summed E-state index contributed by atoms with van der Waals surface area (Å²) in [5, 5.41) is 0.